The molecule has 0 aromatic heterocycles. The Hall–Kier alpha value is -1.35. The first-order chi connectivity index (χ1) is 7.26. The lowest BCUT2D eigenvalue weighted by Gasteiger charge is -2.18. The van der Waals surface area contributed by atoms with Gasteiger partial charge in [0.05, 0.1) is 6.54 Å². The molecule has 82 valence electrons. The van der Waals surface area contributed by atoms with Crippen LogP contribution in [0.5, 0.6) is 0 Å². The number of carbonyl (C=O) groups excluding carboxylic acids is 1. The molecule has 0 aliphatic carbocycles. The van der Waals surface area contributed by atoms with E-state index in [1.165, 1.54) is 5.56 Å². The Bertz CT molecular complexity index is 287. The van der Waals surface area contributed by atoms with E-state index in [1.807, 2.05) is 18.2 Å². The molecule has 0 bridgehead atoms. The minimum absolute atomic E-state index is 0.308. The molecule has 0 spiro atoms. The van der Waals surface area contributed by atoms with Gasteiger partial charge in [-0.3, -0.25) is 10.0 Å². The summed E-state index contributed by atoms with van der Waals surface area (Å²) >= 11 is 0. The standard InChI is InChI=1S/C12H17NO2/c1-2-11(9-13(15)10-14)8-12-6-4-3-5-7-12/h3-7,10-11,15H,2,8-9H2,1H3/t11-/m0/s1. The maximum Gasteiger partial charge on any atom is 0.233 e. The molecule has 0 unspecified atom stereocenters. The minimum Gasteiger partial charge on any atom is -0.286 e. The summed E-state index contributed by atoms with van der Waals surface area (Å²) < 4.78 is 0. The molecule has 0 fully saturated rings. The highest BCUT2D eigenvalue weighted by Gasteiger charge is 2.10. The molecule has 0 aliphatic heterocycles. The van der Waals surface area contributed by atoms with E-state index in [1.54, 1.807) is 0 Å². The molecule has 3 nitrogen and oxygen atoms in total. The Morgan fingerprint density at radius 3 is 2.60 bits per heavy atom. The highest BCUT2D eigenvalue weighted by molar-refractivity contribution is 5.44. The summed E-state index contributed by atoms with van der Waals surface area (Å²) in [6, 6.07) is 10.1. The van der Waals surface area contributed by atoms with Crippen LogP contribution in [0.25, 0.3) is 0 Å². The quantitative estimate of drug-likeness (QED) is 0.441. The largest absolute Gasteiger partial charge is 0.286 e. The van der Waals surface area contributed by atoms with Crippen LogP contribution in [-0.2, 0) is 11.2 Å². The van der Waals surface area contributed by atoms with Gasteiger partial charge < -0.3 is 0 Å². The van der Waals surface area contributed by atoms with Crippen molar-refractivity contribution < 1.29 is 10.0 Å². The molecule has 0 saturated carbocycles. The van der Waals surface area contributed by atoms with Crippen molar-refractivity contribution in [2.45, 2.75) is 19.8 Å². The van der Waals surface area contributed by atoms with Gasteiger partial charge in [0.15, 0.2) is 0 Å². The third-order valence-corrected chi connectivity index (χ3v) is 2.51. The molecular weight excluding hydrogens is 190 g/mol. The summed E-state index contributed by atoms with van der Waals surface area (Å²) in [7, 11) is 0. The number of hydroxylamine groups is 2. The topological polar surface area (TPSA) is 40.5 Å². The van der Waals surface area contributed by atoms with Crippen molar-refractivity contribution >= 4 is 6.41 Å². The van der Waals surface area contributed by atoms with Gasteiger partial charge in [-0.25, -0.2) is 5.06 Å². The molecule has 1 amide bonds. The molecular formula is C12H17NO2. The van der Waals surface area contributed by atoms with Crippen molar-refractivity contribution in [2.24, 2.45) is 5.92 Å². The van der Waals surface area contributed by atoms with E-state index >= 15 is 0 Å². The molecule has 1 aromatic rings. The first-order valence-electron chi connectivity index (χ1n) is 5.21. The van der Waals surface area contributed by atoms with Gasteiger partial charge in [-0.1, -0.05) is 43.7 Å². The van der Waals surface area contributed by atoms with E-state index in [9.17, 15) is 4.79 Å². The normalized spacial score (nSPS) is 12.1. The Balaban J connectivity index is 2.50. The van der Waals surface area contributed by atoms with Gasteiger partial charge in [0.25, 0.3) is 0 Å². The molecule has 0 aliphatic rings. The second kappa shape index (κ2) is 6.19. The minimum atomic E-state index is 0.308. The number of amides is 1. The van der Waals surface area contributed by atoms with Crippen molar-refractivity contribution in [1.29, 1.82) is 0 Å². The number of hydrogen-bond acceptors (Lipinski definition) is 2. The van der Waals surface area contributed by atoms with Crippen molar-refractivity contribution in [3.63, 3.8) is 0 Å². The van der Waals surface area contributed by atoms with Crippen LogP contribution in [0.15, 0.2) is 30.3 Å². The van der Waals surface area contributed by atoms with Crippen molar-refractivity contribution in [3.05, 3.63) is 35.9 Å². The third-order valence-electron chi connectivity index (χ3n) is 2.51. The first kappa shape index (κ1) is 11.7. The van der Waals surface area contributed by atoms with E-state index in [0.717, 1.165) is 17.9 Å². The second-order valence-corrected chi connectivity index (χ2v) is 3.69. The predicted octanol–water partition coefficient (Wildman–Crippen LogP) is 2.10. The van der Waals surface area contributed by atoms with Crippen LogP contribution in [-0.4, -0.2) is 23.2 Å². The molecule has 3 heteroatoms. The number of hydrogen-bond donors (Lipinski definition) is 1. The first-order valence-corrected chi connectivity index (χ1v) is 5.21. The summed E-state index contributed by atoms with van der Waals surface area (Å²) in [5.41, 5.74) is 1.24. The summed E-state index contributed by atoms with van der Waals surface area (Å²) in [6.45, 7) is 2.46. The number of benzene rings is 1. The maximum absolute atomic E-state index is 10.3. The van der Waals surface area contributed by atoms with Gasteiger partial charge in [0.2, 0.25) is 6.41 Å². The lowest BCUT2D eigenvalue weighted by molar-refractivity contribution is -0.152. The lowest BCUT2D eigenvalue weighted by Crippen LogP contribution is -2.25. The molecule has 15 heavy (non-hydrogen) atoms. The molecule has 0 heterocycles. The van der Waals surface area contributed by atoms with Crippen LogP contribution >= 0.6 is 0 Å². The number of nitrogens with zero attached hydrogens (tertiary/aromatic N) is 1. The Kier molecular flexibility index (Phi) is 4.84. The molecule has 1 aromatic carbocycles. The smallest absolute Gasteiger partial charge is 0.233 e. The lowest BCUT2D eigenvalue weighted by atomic mass is 9.97. The van der Waals surface area contributed by atoms with Crippen molar-refractivity contribution in [1.82, 2.24) is 5.06 Å². The Morgan fingerprint density at radius 2 is 2.07 bits per heavy atom. The van der Waals surface area contributed by atoms with E-state index in [4.69, 9.17) is 5.21 Å². The van der Waals surface area contributed by atoms with Gasteiger partial charge in [-0.05, 0) is 17.9 Å². The average Bonchev–Trinajstić information content (AvgIpc) is 2.29. The predicted molar refractivity (Wildman–Crippen MR) is 58.5 cm³/mol. The summed E-state index contributed by atoms with van der Waals surface area (Å²) in [5, 5.41) is 9.82. The zero-order valence-electron chi connectivity index (χ0n) is 8.97. The number of rotatable bonds is 6. The zero-order chi connectivity index (χ0) is 11.1. The summed E-state index contributed by atoms with van der Waals surface area (Å²) in [4.78, 5) is 10.3. The van der Waals surface area contributed by atoms with Crippen LogP contribution < -0.4 is 0 Å². The Morgan fingerprint density at radius 1 is 1.40 bits per heavy atom. The summed E-state index contributed by atoms with van der Waals surface area (Å²) in [5.74, 6) is 0.308. The molecule has 0 radical (unpaired) electrons. The fourth-order valence-corrected chi connectivity index (χ4v) is 1.59. The van der Waals surface area contributed by atoms with Crippen LogP contribution in [0.2, 0.25) is 0 Å². The van der Waals surface area contributed by atoms with Crippen LogP contribution in [0.1, 0.15) is 18.9 Å². The highest BCUT2D eigenvalue weighted by Crippen LogP contribution is 2.12. The van der Waals surface area contributed by atoms with Gasteiger partial charge in [-0.2, -0.15) is 0 Å². The molecule has 1 rings (SSSR count). The van der Waals surface area contributed by atoms with E-state index in [-0.39, 0.29) is 0 Å². The van der Waals surface area contributed by atoms with Crippen LogP contribution in [0.3, 0.4) is 0 Å². The van der Waals surface area contributed by atoms with Crippen LogP contribution in [0, 0.1) is 5.92 Å². The zero-order valence-corrected chi connectivity index (χ0v) is 8.97. The molecule has 1 atom stereocenters. The van der Waals surface area contributed by atoms with E-state index in [2.05, 4.69) is 19.1 Å². The fourth-order valence-electron chi connectivity index (χ4n) is 1.59. The third kappa shape index (κ3) is 4.13. The SMILES string of the molecule is CC[C@@H](Cc1ccccc1)CN(O)C=O. The van der Waals surface area contributed by atoms with Crippen molar-refractivity contribution in [2.75, 3.05) is 6.54 Å². The molecule has 1 N–H and O–H groups in total. The fraction of sp³-hybridized carbons (Fsp3) is 0.417. The van der Waals surface area contributed by atoms with Crippen LogP contribution in [0.4, 0.5) is 0 Å². The highest BCUT2D eigenvalue weighted by atomic mass is 16.5. The molecule has 0 saturated heterocycles. The maximum atomic E-state index is 10.3. The van der Waals surface area contributed by atoms with E-state index < -0.39 is 0 Å². The van der Waals surface area contributed by atoms with Gasteiger partial charge in [-0.15, -0.1) is 0 Å². The van der Waals surface area contributed by atoms with Crippen molar-refractivity contribution in [3.8, 4) is 0 Å². The second-order valence-electron chi connectivity index (χ2n) is 3.69. The Labute approximate surface area is 90.3 Å². The monoisotopic (exact) mass is 207 g/mol. The number of carbonyl (C=O) groups is 1. The van der Waals surface area contributed by atoms with E-state index in [0.29, 0.717) is 18.9 Å². The summed E-state index contributed by atoms with van der Waals surface area (Å²) in [6.07, 6.45) is 2.29. The van der Waals surface area contributed by atoms with Gasteiger partial charge in [0, 0.05) is 0 Å². The van der Waals surface area contributed by atoms with Gasteiger partial charge >= 0.3 is 0 Å². The van der Waals surface area contributed by atoms with Gasteiger partial charge in [0.1, 0.15) is 0 Å². The average molecular weight is 207 g/mol.